The zero-order valence-electron chi connectivity index (χ0n) is 8.61. The first kappa shape index (κ1) is 12.3. The largest absolute Gasteiger partial charge is 0.488 e. The molecule has 3 N–H and O–H groups in total. The Morgan fingerprint density at radius 3 is 2.94 bits per heavy atom. The molecule has 2 rings (SSSR count). The van der Waals surface area contributed by atoms with Gasteiger partial charge in [0.1, 0.15) is 18.2 Å². The maximum atomic E-state index is 13.1. The Labute approximate surface area is 110 Å². The summed E-state index contributed by atoms with van der Waals surface area (Å²) in [6.45, 7) is 0.329. The monoisotopic (exact) mass is 317 g/mol. The Kier molecular flexibility index (Phi) is 3.93. The molecule has 0 radical (unpaired) electrons. The van der Waals surface area contributed by atoms with Crippen LogP contribution in [0.4, 0.5) is 9.52 Å². The van der Waals surface area contributed by atoms with Crippen molar-refractivity contribution in [3.05, 3.63) is 39.6 Å². The highest BCUT2D eigenvalue weighted by molar-refractivity contribution is 9.10. The second kappa shape index (κ2) is 5.44. The minimum absolute atomic E-state index is 0.329. The van der Waals surface area contributed by atoms with Crippen LogP contribution in [0, 0.1) is 5.82 Å². The van der Waals surface area contributed by atoms with Gasteiger partial charge in [0.2, 0.25) is 0 Å². The second-order valence-corrected chi connectivity index (χ2v) is 5.20. The molecule has 2 aromatic rings. The number of ether oxygens (including phenoxy) is 1. The smallest absolute Gasteiger partial charge is 0.197 e. The van der Waals surface area contributed by atoms with Crippen molar-refractivity contribution in [2.24, 2.45) is 5.84 Å². The highest BCUT2D eigenvalue weighted by Gasteiger charge is 2.03. The van der Waals surface area contributed by atoms with Gasteiger partial charge >= 0.3 is 0 Å². The van der Waals surface area contributed by atoms with Crippen LogP contribution in [0.3, 0.4) is 0 Å². The first-order valence-electron chi connectivity index (χ1n) is 4.67. The number of rotatable bonds is 4. The molecule has 0 aliphatic rings. The first-order chi connectivity index (χ1) is 8.17. The van der Waals surface area contributed by atoms with Crippen LogP contribution in [0.1, 0.15) is 4.88 Å². The van der Waals surface area contributed by atoms with Crippen LogP contribution in [-0.4, -0.2) is 4.98 Å². The van der Waals surface area contributed by atoms with E-state index in [1.807, 2.05) is 0 Å². The summed E-state index contributed by atoms with van der Waals surface area (Å²) in [5, 5.41) is 0.615. The third-order valence-electron chi connectivity index (χ3n) is 1.89. The molecule has 0 fully saturated rings. The van der Waals surface area contributed by atoms with Gasteiger partial charge in [0, 0.05) is 16.7 Å². The zero-order chi connectivity index (χ0) is 12.3. The summed E-state index contributed by atoms with van der Waals surface area (Å²) in [5.41, 5.74) is 2.45. The molecular formula is C10H9BrFN3OS. The Morgan fingerprint density at radius 1 is 1.47 bits per heavy atom. The number of benzene rings is 1. The van der Waals surface area contributed by atoms with E-state index in [4.69, 9.17) is 10.6 Å². The van der Waals surface area contributed by atoms with E-state index in [0.29, 0.717) is 22.0 Å². The Balaban J connectivity index is 2.01. The van der Waals surface area contributed by atoms with E-state index in [-0.39, 0.29) is 5.82 Å². The van der Waals surface area contributed by atoms with Gasteiger partial charge in [-0.3, -0.25) is 5.43 Å². The number of hydrazine groups is 1. The van der Waals surface area contributed by atoms with E-state index in [1.54, 1.807) is 12.3 Å². The van der Waals surface area contributed by atoms with Gasteiger partial charge in [-0.2, -0.15) is 0 Å². The Morgan fingerprint density at radius 2 is 2.29 bits per heavy atom. The summed E-state index contributed by atoms with van der Waals surface area (Å²) in [5.74, 6) is 5.33. The summed E-state index contributed by atoms with van der Waals surface area (Å²) < 4.78 is 19.1. The van der Waals surface area contributed by atoms with Crippen LogP contribution in [0.25, 0.3) is 0 Å². The number of nitrogens with zero attached hydrogens (tertiary/aromatic N) is 1. The third kappa shape index (κ3) is 3.39. The summed E-state index contributed by atoms with van der Waals surface area (Å²) in [6, 6.07) is 4.40. The van der Waals surface area contributed by atoms with Crippen LogP contribution < -0.4 is 16.0 Å². The van der Waals surface area contributed by atoms with Crippen LogP contribution in [0.15, 0.2) is 28.9 Å². The predicted octanol–water partition coefficient (Wildman–Crippen LogP) is 2.91. The molecule has 4 nitrogen and oxygen atoms in total. The lowest BCUT2D eigenvalue weighted by molar-refractivity contribution is 0.307. The molecule has 0 saturated carbocycles. The van der Waals surface area contributed by atoms with Crippen molar-refractivity contribution in [2.75, 3.05) is 5.43 Å². The van der Waals surface area contributed by atoms with Crippen molar-refractivity contribution in [3.8, 4) is 5.75 Å². The van der Waals surface area contributed by atoms with Gasteiger partial charge in [-0.1, -0.05) is 27.3 Å². The molecule has 0 aliphatic carbocycles. The Hall–Kier alpha value is -1.18. The number of aromatic nitrogens is 1. The van der Waals surface area contributed by atoms with Gasteiger partial charge in [-0.05, 0) is 12.1 Å². The zero-order valence-corrected chi connectivity index (χ0v) is 11.0. The number of nitrogen functional groups attached to an aromatic ring is 1. The number of thiazole rings is 1. The number of nitrogens with two attached hydrogens (primary N) is 1. The molecule has 1 aromatic heterocycles. The molecule has 0 saturated heterocycles. The van der Waals surface area contributed by atoms with Crippen LogP contribution >= 0.6 is 27.3 Å². The van der Waals surface area contributed by atoms with Gasteiger partial charge in [-0.15, -0.1) is 0 Å². The number of hydrogen-bond acceptors (Lipinski definition) is 5. The summed E-state index contributed by atoms with van der Waals surface area (Å²) in [6.07, 6.45) is 1.66. The van der Waals surface area contributed by atoms with Gasteiger partial charge in [-0.25, -0.2) is 15.2 Å². The SMILES string of the molecule is NNc1ncc(COc2cc(F)cc(Br)c2)s1. The minimum Gasteiger partial charge on any atom is -0.488 e. The lowest BCUT2D eigenvalue weighted by Crippen LogP contribution is -2.05. The fraction of sp³-hybridized carbons (Fsp3) is 0.100. The highest BCUT2D eigenvalue weighted by Crippen LogP contribution is 2.23. The molecule has 90 valence electrons. The van der Waals surface area contributed by atoms with Crippen molar-refractivity contribution in [2.45, 2.75) is 6.61 Å². The van der Waals surface area contributed by atoms with Crippen molar-refractivity contribution >= 4 is 32.4 Å². The maximum absolute atomic E-state index is 13.1. The normalized spacial score (nSPS) is 10.3. The second-order valence-electron chi connectivity index (χ2n) is 3.17. The topological polar surface area (TPSA) is 60.2 Å². The lowest BCUT2D eigenvalue weighted by atomic mass is 10.3. The summed E-state index contributed by atoms with van der Waals surface area (Å²) >= 11 is 4.58. The molecular weight excluding hydrogens is 309 g/mol. The van der Waals surface area contributed by atoms with Crippen molar-refractivity contribution in [1.29, 1.82) is 0 Å². The average Bonchev–Trinajstić information content (AvgIpc) is 2.73. The highest BCUT2D eigenvalue weighted by atomic mass is 79.9. The summed E-state index contributed by atoms with van der Waals surface area (Å²) in [4.78, 5) is 4.90. The molecule has 0 atom stereocenters. The van der Waals surface area contributed by atoms with Crippen molar-refractivity contribution in [3.63, 3.8) is 0 Å². The number of hydrogen-bond donors (Lipinski definition) is 2. The third-order valence-corrected chi connectivity index (χ3v) is 3.25. The van der Waals surface area contributed by atoms with Gasteiger partial charge in [0.05, 0.1) is 4.88 Å². The van der Waals surface area contributed by atoms with E-state index >= 15 is 0 Å². The number of anilines is 1. The van der Waals surface area contributed by atoms with Crippen molar-refractivity contribution in [1.82, 2.24) is 4.98 Å². The molecule has 0 amide bonds. The lowest BCUT2D eigenvalue weighted by Gasteiger charge is -2.04. The molecule has 1 aromatic carbocycles. The van der Waals surface area contributed by atoms with Gasteiger partial charge in [0.25, 0.3) is 0 Å². The molecule has 0 spiro atoms. The fourth-order valence-electron chi connectivity index (χ4n) is 1.21. The van der Waals surface area contributed by atoms with Crippen LogP contribution in [0.5, 0.6) is 5.75 Å². The van der Waals surface area contributed by atoms with E-state index in [0.717, 1.165) is 4.88 Å². The van der Waals surface area contributed by atoms with Gasteiger partial charge < -0.3 is 4.74 Å². The quantitative estimate of drug-likeness (QED) is 0.672. The molecule has 17 heavy (non-hydrogen) atoms. The predicted molar refractivity (Wildman–Crippen MR) is 68.4 cm³/mol. The first-order valence-corrected chi connectivity index (χ1v) is 6.28. The van der Waals surface area contributed by atoms with Crippen LogP contribution in [-0.2, 0) is 6.61 Å². The van der Waals surface area contributed by atoms with Crippen LogP contribution in [0.2, 0.25) is 0 Å². The van der Waals surface area contributed by atoms with Gasteiger partial charge in [0.15, 0.2) is 5.13 Å². The Bertz CT molecular complexity index is 500. The maximum Gasteiger partial charge on any atom is 0.197 e. The standard InChI is InChI=1S/C10H9BrFN3OS/c11-6-1-7(12)3-8(2-6)16-5-9-4-14-10(15-13)17-9/h1-4H,5,13H2,(H,14,15). The molecule has 0 unspecified atom stereocenters. The molecule has 0 bridgehead atoms. The molecule has 1 heterocycles. The van der Waals surface area contributed by atoms with Crippen molar-refractivity contribution < 1.29 is 9.13 Å². The van der Waals surface area contributed by atoms with E-state index < -0.39 is 0 Å². The average molecular weight is 318 g/mol. The van der Waals surface area contributed by atoms with E-state index in [2.05, 4.69) is 26.3 Å². The fourth-order valence-corrected chi connectivity index (χ4v) is 2.29. The van der Waals surface area contributed by atoms with E-state index in [9.17, 15) is 4.39 Å². The summed E-state index contributed by atoms with van der Waals surface area (Å²) in [7, 11) is 0. The van der Waals surface area contributed by atoms with E-state index in [1.165, 1.54) is 23.5 Å². The number of halogens is 2. The minimum atomic E-state index is -0.344. The molecule has 0 aliphatic heterocycles. The number of nitrogens with one attached hydrogen (secondary N) is 1. The molecule has 7 heteroatoms.